The highest BCUT2D eigenvalue weighted by molar-refractivity contribution is 5.88. The molecule has 3 fully saturated rings. The summed E-state index contributed by atoms with van der Waals surface area (Å²) in [4.78, 5) is 15.2. The van der Waals surface area contributed by atoms with Gasteiger partial charge in [0.05, 0.1) is 6.10 Å². The molecule has 1 saturated heterocycles. The molecule has 0 aromatic carbocycles. The number of carbonyl (C=O) groups excluding carboxylic acids is 1. The molecule has 1 amide bonds. The van der Waals surface area contributed by atoms with Crippen molar-refractivity contribution in [1.29, 1.82) is 0 Å². The summed E-state index contributed by atoms with van der Waals surface area (Å²) in [5, 5.41) is 3.12. The lowest BCUT2D eigenvalue weighted by Crippen LogP contribution is -2.75. The van der Waals surface area contributed by atoms with Gasteiger partial charge in [-0.1, -0.05) is 13.8 Å². The van der Waals surface area contributed by atoms with Crippen molar-refractivity contribution < 1.29 is 9.53 Å². The predicted octanol–water partition coefficient (Wildman–Crippen LogP) is 1.12. The van der Waals surface area contributed by atoms with Crippen molar-refractivity contribution in [2.75, 3.05) is 26.2 Å². The van der Waals surface area contributed by atoms with Gasteiger partial charge in [0.2, 0.25) is 5.91 Å². The average molecular weight is 309 g/mol. The Bertz CT molecular complexity index is 436. The fourth-order valence-corrected chi connectivity index (χ4v) is 4.02. The predicted molar refractivity (Wildman–Crippen MR) is 86.4 cm³/mol. The van der Waals surface area contributed by atoms with Crippen molar-refractivity contribution in [2.24, 2.45) is 17.1 Å². The fourth-order valence-electron chi connectivity index (χ4n) is 4.02. The van der Waals surface area contributed by atoms with E-state index in [2.05, 4.69) is 10.2 Å². The van der Waals surface area contributed by atoms with Gasteiger partial charge in [-0.05, 0) is 38.6 Å². The van der Waals surface area contributed by atoms with Crippen LogP contribution < -0.4 is 11.1 Å². The molecule has 3 N–H and O–H groups in total. The van der Waals surface area contributed by atoms with Crippen molar-refractivity contribution in [1.82, 2.24) is 10.2 Å². The third-order valence-electron chi connectivity index (χ3n) is 6.17. The molecule has 22 heavy (non-hydrogen) atoms. The maximum absolute atomic E-state index is 12.6. The standard InChI is InChI=1S/C17H31N3O2/c1-4-22-14-9-17(18,16(14,2)3)15(21)19-10-12-7-8-20(11-12)13-5-6-13/h12-14H,4-11,18H2,1-3H3,(H,19,21). The Labute approximate surface area is 133 Å². The number of likely N-dealkylation sites (tertiary alicyclic amines) is 1. The highest BCUT2D eigenvalue weighted by Crippen LogP contribution is 2.49. The lowest BCUT2D eigenvalue weighted by atomic mass is 9.54. The Morgan fingerprint density at radius 3 is 2.68 bits per heavy atom. The van der Waals surface area contributed by atoms with Crippen LogP contribution in [0.15, 0.2) is 0 Å². The Kier molecular flexibility index (Phi) is 4.25. The lowest BCUT2D eigenvalue weighted by Gasteiger charge is -2.57. The molecule has 3 rings (SSSR count). The molecule has 5 heteroatoms. The smallest absolute Gasteiger partial charge is 0.240 e. The lowest BCUT2D eigenvalue weighted by molar-refractivity contribution is -0.170. The van der Waals surface area contributed by atoms with E-state index in [0.29, 0.717) is 18.9 Å². The van der Waals surface area contributed by atoms with Crippen LogP contribution in [0, 0.1) is 11.3 Å². The monoisotopic (exact) mass is 309 g/mol. The summed E-state index contributed by atoms with van der Waals surface area (Å²) in [5.41, 5.74) is 5.32. The van der Waals surface area contributed by atoms with Crippen LogP contribution in [0.4, 0.5) is 0 Å². The topological polar surface area (TPSA) is 67.6 Å². The summed E-state index contributed by atoms with van der Waals surface area (Å²) in [6.45, 7) is 9.83. The van der Waals surface area contributed by atoms with Crippen LogP contribution in [-0.4, -0.2) is 54.7 Å². The summed E-state index contributed by atoms with van der Waals surface area (Å²) in [6, 6.07) is 0.832. The van der Waals surface area contributed by atoms with Gasteiger partial charge in [0.25, 0.3) is 0 Å². The molecule has 0 radical (unpaired) electrons. The molecule has 0 spiro atoms. The zero-order chi connectivity index (χ0) is 16.0. The van der Waals surface area contributed by atoms with Gasteiger partial charge in [-0.15, -0.1) is 0 Å². The fraction of sp³-hybridized carbons (Fsp3) is 0.941. The number of rotatable bonds is 6. The third-order valence-corrected chi connectivity index (χ3v) is 6.17. The van der Waals surface area contributed by atoms with E-state index in [4.69, 9.17) is 10.5 Å². The van der Waals surface area contributed by atoms with Gasteiger partial charge in [0.1, 0.15) is 5.54 Å². The number of amides is 1. The summed E-state index contributed by atoms with van der Waals surface area (Å²) >= 11 is 0. The molecule has 1 aliphatic heterocycles. The minimum atomic E-state index is -0.790. The molecule has 126 valence electrons. The van der Waals surface area contributed by atoms with Crippen molar-refractivity contribution in [3.63, 3.8) is 0 Å². The van der Waals surface area contributed by atoms with Gasteiger partial charge >= 0.3 is 0 Å². The molecule has 5 nitrogen and oxygen atoms in total. The van der Waals surface area contributed by atoms with Crippen LogP contribution in [-0.2, 0) is 9.53 Å². The zero-order valence-electron chi connectivity index (χ0n) is 14.2. The van der Waals surface area contributed by atoms with E-state index in [9.17, 15) is 4.79 Å². The van der Waals surface area contributed by atoms with Gasteiger partial charge in [-0.25, -0.2) is 0 Å². The summed E-state index contributed by atoms with van der Waals surface area (Å²) in [6.07, 6.45) is 4.62. The quantitative estimate of drug-likeness (QED) is 0.771. The van der Waals surface area contributed by atoms with E-state index < -0.39 is 5.54 Å². The maximum Gasteiger partial charge on any atom is 0.240 e. The van der Waals surface area contributed by atoms with Crippen molar-refractivity contribution in [3.8, 4) is 0 Å². The summed E-state index contributed by atoms with van der Waals surface area (Å²) in [5.74, 6) is 0.581. The molecule has 0 aromatic rings. The van der Waals surface area contributed by atoms with Gasteiger partial charge < -0.3 is 20.7 Å². The van der Waals surface area contributed by atoms with E-state index in [1.54, 1.807) is 0 Å². The molecule has 2 saturated carbocycles. The molecule has 3 unspecified atom stereocenters. The second-order valence-electron chi connectivity index (χ2n) is 7.93. The number of hydrogen-bond acceptors (Lipinski definition) is 4. The number of nitrogens with one attached hydrogen (secondary N) is 1. The molecule has 0 aromatic heterocycles. The molecule has 3 aliphatic rings. The van der Waals surface area contributed by atoms with E-state index in [1.807, 2.05) is 20.8 Å². The molecule has 3 atom stereocenters. The van der Waals surface area contributed by atoms with Crippen molar-refractivity contribution in [2.45, 2.75) is 64.1 Å². The molecule has 1 heterocycles. The van der Waals surface area contributed by atoms with Crippen LogP contribution in [0.3, 0.4) is 0 Å². The minimum absolute atomic E-state index is 0.00155. The SMILES string of the molecule is CCOC1CC(N)(C(=O)NCC2CCN(C3CC3)C2)C1(C)C. The maximum atomic E-state index is 12.6. The number of nitrogens with two attached hydrogens (primary N) is 1. The first-order chi connectivity index (χ1) is 10.4. The molecular formula is C17H31N3O2. The first-order valence-corrected chi connectivity index (χ1v) is 8.81. The minimum Gasteiger partial charge on any atom is -0.378 e. The van der Waals surface area contributed by atoms with Gasteiger partial charge in [-0.2, -0.15) is 0 Å². The van der Waals surface area contributed by atoms with Crippen LogP contribution in [0.5, 0.6) is 0 Å². The van der Waals surface area contributed by atoms with Crippen molar-refractivity contribution >= 4 is 5.91 Å². The largest absolute Gasteiger partial charge is 0.378 e. The number of hydrogen-bond donors (Lipinski definition) is 2. The summed E-state index contributed by atoms with van der Waals surface area (Å²) in [7, 11) is 0. The second-order valence-corrected chi connectivity index (χ2v) is 7.93. The van der Waals surface area contributed by atoms with Gasteiger partial charge in [0, 0.05) is 37.6 Å². The summed E-state index contributed by atoms with van der Waals surface area (Å²) < 4.78 is 5.70. The third kappa shape index (κ3) is 2.68. The van der Waals surface area contributed by atoms with Crippen LogP contribution >= 0.6 is 0 Å². The Morgan fingerprint density at radius 2 is 2.09 bits per heavy atom. The van der Waals surface area contributed by atoms with E-state index in [1.165, 1.54) is 25.8 Å². The number of ether oxygens (including phenoxy) is 1. The Hall–Kier alpha value is -0.650. The highest BCUT2D eigenvalue weighted by atomic mass is 16.5. The van der Waals surface area contributed by atoms with Crippen molar-refractivity contribution in [3.05, 3.63) is 0 Å². The van der Waals surface area contributed by atoms with Gasteiger partial charge in [0.15, 0.2) is 0 Å². The van der Waals surface area contributed by atoms with E-state index >= 15 is 0 Å². The number of carbonyl (C=O) groups is 1. The molecule has 2 aliphatic carbocycles. The van der Waals surface area contributed by atoms with Crippen LogP contribution in [0.2, 0.25) is 0 Å². The molecule has 0 bridgehead atoms. The average Bonchev–Trinajstić information content (AvgIpc) is 3.23. The Balaban J connectivity index is 1.48. The van der Waals surface area contributed by atoms with Crippen LogP contribution in [0.25, 0.3) is 0 Å². The first kappa shape index (κ1) is 16.2. The highest BCUT2D eigenvalue weighted by Gasteiger charge is 2.62. The zero-order valence-corrected chi connectivity index (χ0v) is 14.2. The first-order valence-electron chi connectivity index (χ1n) is 8.81. The number of nitrogens with zero attached hydrogens (tertiary/aromatic N) is 1. The molecular weight excluding hydrogens is 278 g/mol. The Morgan fingerprint density at radius 1 is 1.36 bits per heavy atom. The normalized spacial score (nSPS) is 37.8. The second kappa shape index (κ2) is 5.77. The van der Waals surface area contributed by atoms with E-state index in [0.717, 1.165) is 19.1 Å². The van der Waals surface area contributed by atoms with E-state index in [-0.39, 0.29) is 17.4 Å². The van der Waals surface area contributed by atoms with Crippen LogP contribution in [0.1, 0.15) is 46.5 Å². The van der Waals surface area contributed by atoms with Gasteiger partial charge in [-0.3, -0.25) is 4.79 Å².